The molecule has 0 aliphatic heterocycles. The first-order valence-corrected chi connectivity index (χ1v) is 6.29. The van der Waals surface area contributed by atoms with Crippen LogP contribution in [-0.4, -0.2) is 10.9 Å². The summed E-state index contributed by atoms with van der Waals surface area (Å²) in [7, 11) is 0. The van der Waals surface area contributed by atoms with Gasteiger partial charge in [0.15, 0.2) is 5.82 Å². The quantitative estimate of drug-likeness (QED) is 0.871. The van der Waals surface area contributed by atoms with E-state index in [9.17, 15) is 13.6 Å². The number of benzene rings is 1. The van der Waals surface area contributed by atoms with Gasteiger partial charge in [-0.05, 0) is 18.1 Å². The second-order valence-electron chi connectivity index (χ2n) is 4.31. The Balaban J connectivity index is 2.20. The molecule has 1 aromatic heterocycles. The second kappa shape index (κ2) is 6.23. The number of carbonyl (C=O) groups excluding carboxylic acids is 1. The van der Waals surface area contributed by atoms with Crippen LogP contribution in [0.1, 0.15) is 35.3 Å². The lowest BCUT2D eigenvalue weighted by Gasteiger charge is -2.17. The van der Waals surface area contributed by atoms with Crippen molar-refractivity contribution in [1.82, 2.24) is 10.3 Å². The molecule has 0 radical (unpaired) electrons. The van der Waals surface area contributed by atoms with Gasteiger partial charge in [-0.3, -0.25) is 4.79 Å². The van der Waals surface area contributed by atoms with E-state index in [2.05, 4.69) is 10.3 Å². The van der Waals surface area contributed by atoms with Crippen LogP contribution in [0.4, 0.5) is 8.78 Å². The SMILES string of the molecule is CCC(NC(=O)c1ccnc(F)c1F)c1ccccc1. The standard InChI is InChI=1S/C15H14F2N2O/c1-2-12(10-6-4-3-5-7-10)19-15(20)11-8-9-18-14(17)13(11)16/h3-9,12H,2H2,1H3,(H,19,20). The predicted octanol–water partition coefficient (Wildman–Crippen LogP) is 3.24. The highest BCUT2D eigenvalue weighted by atomic mass is 19.2. The first kappa shape index (κ1) is 14.1. The van der Waals surface area contributed by atoms with Crippen molar-refractivity contribution in [3.63, 3.8) is 0 Å². The van der Waals surface area contributed by atoms with Crippen LogP contribution in [0.5, 0.6) is 0 Å². The second-order valence-corrected chi connectivity index (χ2v) is 4.31. The van der Waals surface area contributed by atoms with Crippen LogP contribution in [0.25, 0.3) is 0 Å². The van der Waals surface area contributed by atoms with Gasteiger partial charge in [-0.15, -0.1) is 0 Å². The molecule has 0 aliphatic rings. The molecule has 0 bridgehead atoms. The number of amides is 1. The van der Waals surface area contributed by atoms with Crippen LogP contribution in [0.15, 0.2) is 42.6 Å². The summed E-state index contributed by atoms with van der Waals surface area (Å²) in [4.78, 5) is 15.2. The fourth-order valence-corrected chi connectivity index (χ4v) is 1.94. The van der Waals surface area contributed by atoms with Crippen molar-refractivity contribution in [2.75, 3.05) is 0 Å². The lowest BCUT2D eigenvalue weighted by Crippen LogP contribution is -2.29. The summed E-state index contributed by atoms with van der Waals surface area (Å²) in [6.07, 6.45) is 1.71. The van der Waals surface area contributed by atoms with Crippen LogP contribution < -0.4 is 5.32 Å². The molecule has 0 saturated carbocycles. The highest BCUT2D eigenvalue weighted by molar-refractivity contribution is 5.94. The third kappa shape index (κ3) is 2.99. The lowest BCUT2D eigenvalue weighted by atomic mass is 10.0. The summed E-state index contributed by atoms with van der Waals surface area (Å²) in [5.74, 6) is -3.15. The maximum atomic E-state index is 13.5. The van der Waals surface area contributed by atoms with Crippen LogP contribution >= 0.6 is 0 Å². The van der Waals surface area contributed by atoms with E-state index in [0.717, 1.165) is 17.8 Å². The van der Waals surface area contributed by atoms with Crippen molar-refractivity contribution in [3.8, 4) is 0 Å². The molecule has 3 nitrogen and oxygen atoms in total. The van der Waals surface area contributed by atoms with Crippen molar-refractivity contribution < 1.29 is 13.6 Å². The Bertz CT molecular complexity index is 602. The number of rotatable bonds is 4. The molecule has 2 aromatic rings. The third-order valence-corrected chi connectivity index (χ3v) is 3.01. The first-order chi connectivity index (χ1) is 9.63. The zero-order valence-electron chi connectivity index (χ0n) is 10.9. The van der Waals surface area contributed by atoms with E-state index in [1.165, 1.54) is 0 Å². The van der Waals surface area contributed by atoms with Gasteiger partial charge in [0.1, 0.15) is 0 Å². The Hall–Kier alpha value is -2.30. The summed E-state index contributed by atoms with van der Waals surface area (Å²) in [6, 6.07) is 10.2. The highest BCUT2D eigenvalue weighted by Gasteiger charge is 2.19. The largest absolute Gasteiger partial charge is 0.345 e. The third-order valence-electron chi connectivity index (χ3n) is 3.01. The number of carbonyl (C=O) groups is 1. The van der Waals surface area contributed by atoms with Gasteiger partial charge in [0.25, 0.3) is 5.91 Å². The van der Waals surface area contributed by atoms with Crippen LogP contribution in [0.2, 0.25) is 0 Å². The Kier molecular flexibility index (Phi) is 4.40. The topological polar surface area (TPSA) is 42.0 Å². The molecule has 5 heteroatoms. The van der Waals surface area contributed by atoms with E-state index in [1.54, 1.807) is 0 Å². The van der Waals surface area contributed by atoms with Gasteiger partial charge in [0.2, 0.25) is 5.95 Å². The first-order valence-electron chi connectivity index (χ1n) is 6.29. The van der Waals surface area contributed by atoms with E-state index in [4.69, 9.17) is 0 Å². The summed E-state index contributed by atoms with van der Waals surface area (Å²) in [5, 5.41) is 2.69. The minimum atomic E-state index is -1.27. The number of halogens is 2. The van der Waals surface area contributed by atoms with Crippen molar-refractivity contribution in [1.29, 1.82) is 0 Å². The average Bonchev–Trinajstić information content (AvgIpc) is 2.48. The monoisotopic (exact) mass is 276 g/mol. The zero-order valence-corrected chi connectivity index (χ0v) is 10.9. The van der Waals surface area contributed by atoms with Gasteiger partial charge < -0.3 is 5.32 Å². The fraction of sp³-hybridized carbons (Fsp3) is 0.200. The summed E-state index contributed by atoms with van der Waals surface area (Å²) >= 11 is 0. The molecule has 1 amide bonds. The number of pyridine rings is 1. The maximum absolute atomic E-state index is 13.5. The molecule has 1 aromatic carbocycles. The molecular weight excluding hydrogens is 262 g/mol. The average molecular weight is 276 g/mol. The van der Waals surface area contributed by atoms with Crippen molar-refractivity contribution in [3.05, 3.63) is 65.5 Å². The Morgan fingerprint density at radius 2 is 1.95 bits per heavy atom. The molecule has 0 aliphatic carbocycles. The van der Waals surface area contributed by atoms with Crippen LogP contribution in [0.3, 0.4) is 0 Å². The Labute approximate surface area is 115 Å². The predicted molar refractivity (Wildman–Crippen MR) is 71.1 cm³/mol. The molecule has 1 N–H and O–H groups in total. The van der Waals surface area contributed by atoms with E-state index in [-0.39, 0.29) is 11.6 Å². The molecule has 104 valence electrons. The number of hydrogen-bond donors (Lipinski definition) is 1. The molecular formula is C15H14F2N2O. The van der Waals surface area contributed by atoms with Crippen molar-refractivity contribution in [2.45, 2.75) is 19.4 Å². The van der Waals surface area contributed by atoms with Crippen molar-refractivity contribution >= 4 is 5.91 Å². The fourth-order valence-electron chi connectivity index (χ4n) is 1.94. The van der Waals surface area contributed by atoms with Gasteiger partial charge in [0.05, 0.1) is 11.6 Å². The van der Waals surface area contributed by atoms with Gasteiger partial charge in [-0.25, -0.2) is 9.37 Å². The molecule has 2 rings (SSSR count). The van der Waals surface area contributed by atoms with E-state index >= 15 is 0 Å². The zero-order chi connectivity index (χ0) is 14.5. The minimum absolute atomic E-state index is 0.251. The Morgan fingerprint density at radius 3 is 2.60 bits per heavy atom. The molecule has 0 saturated heterocycles. The van der Waals surface area contributed by atoms with E-state index < -0.39 is 17.7 Å². The molecule has 0 spiro atoms. The molecule has 1 heterocycles. The number of nitrogens with one attached hydrogen (secondary N) is 1. The van der Waals surface area contributed by atoms with E-state index in [0.29, 0.717) is 6.42 Å². The maximum Gasteiger partial charge on any atom is 0.254 e. The lowest BCUT2D eigenvalue weighted by molar-refractivity contribution is 0.0930. The van der Waals surface area contributed by atoms with Gasteiger partial charge in [-0.2, -0.15) is 4.39 Å². The number of aromatic nitrogens is 1. The summed E-state index contributed by atoms with van der Waals surface area (Å²) in [5.41, 5.74) is 0.574. The van der Waals surface area contributed by atoms with Gasteiger partial charge >= 0.3 is 0 Å². The smallest absolute Gasteiger partial charge is 0.254 e. The van der Waals surface area contributed by atoms with Gasteiger partial charge in [0, 0.05) is 6.20 Å². The van der Waals surface area contributed by atoms with Crippen molar-refractivity contribution in [2.24, 2.45) is 0 Å². The molecule has 20 heavy (non-hydrogen) atoms. The normalized spacial score (nSPS) is 11.9. The van der Waals surface area contributed by atoms with Crippen LogP contribution in [0, 0.1) is 11.8 Å². The molecule has 1 atom stereocenters. The molecule has 0 fully saturated rings. The summed E-state index contributed by atoms with van der Waals surface area (Å²) in [6.45, 7) is 1.90. The van der Waals surface area contributed by atoms with E-state index in [1.807, 2.05) is 37.3 Å². The minimum Gasteiger partial charge on any atom is -0.345 e. The Morgan fingerprint density at radius 1 is 1.25 bits per heavy atom. The molecule has 1 unspecified atom stereocenters. The summed E-state index contributed by atoms with van der Waals surface area (Å²) < 4.78 is 26.5. The number of hydrogen-bond acceptors (Lipinski definition) is 2. The number of nitrogens with zero attached hydrogens (tertiary/aromatic N) is 1. The van der Waals surface area contributed by atoms with Gasteiger partial charge in [-0.1, -0.05) is 37.3 Å². The van der Waals surface area contributed by atoms with Crippen LogP contribution in [-0.2, 0) is 0 Å². The highest BCUT2D eigenvalue weighted by Crippen LogP contribution is 2.17.